The maximum Gasteiger partial charge on any atom is 0.361 e. The molecule has 0 N–H and O–H groups in total. The number of benzene rings is 2. The smallest absolute Gasteiger partial charge is 0.361 e. The van der Waals surface area contributed by atoms with Gasteiger partial charge in [0.15, 0.2) is 0 Å². The van der Waals surface area contributed by atoms with Gasteiger partial charge in [0.25, 0.3) is 5.79 Å². The topological polar surface area (TPSA) is 29.3 Å². The van der Waals surface area contributed by atoms with Crippen molar-refractivity contribution in [1.82, 2.24) is 4.90 Å². The second kappa shape index (κ2) is 5.89. The van der Waals surface area contributed by atoms with Gasteiger partial charge in [-0.1, -0.05) is 60.7 Å². The Morgan fingerprint density at radius 2 is 1.73 bits per heavy atom. The minimum absolute atomic E-state index is 0.172. The molecule has 3 nitrogen and oxygen atoms in total. The molecule has 0 amide bonds. The summed E-state index contributed by atoms with van der Waals surface area (Å²) >= 11 is 0. The molecule has 0 saturated carbocycles. The van der Waals surface area contributed by atoms with Crippen molar-refractivity contribution in [3.8, 4) is 0 Å². The van der Waals surface area contributed by atoms with E-state index in [0.717, 1.165) is 11.1 Å². The third-order valence-electron chi connectivity index (χ3n) is 3.90. The molecule has 2 aromatic carbocycles. The molecule has 1 saturated heterocycles. The molecule has 0 bridgehead atoms. The lowest BCUT2D eigenvalue weighted by atomic mass is 10.1. The summed E-state index contributed by atoms with van der Waals surface area (Å²) < 4.78 is 20.2. The molecule has 1 aliphatic heterocycles. The fourth-order valence-electron chi connectivity index (χ4n) is 2.80. The summed E-state index contributed by atoms with van der Waals surface area (Å²) in [7, 11) is 0. The first kappa shape index (κ1) is 14.7. The molecule has 0 spiro atoms. The molecule has 114 valence electrons. The maximum absolute atomic E-state index is 15.2. The predicted octanol–water partition coefficient (Wildman–Crippen LogP) is 3.47. The summed E-state index contributed by atoms with van der Waals surface area (Å²) in [4.78, 5) is 13.6. The Labute approximate surface area is 129 Å². The minimum Gasteiger partial charge on any atom is -0.463 e. The predicted molar refractivity (Wildman–Crippen MR) is 81.6 cm³/mol. The summed E-state index contributed by atoms with van der Waals surface area (Å²) in [5.41, 5.74) is 1.75. The molecule has 0 aromatic heterocycles. The summed E-state index contributed by atoms with van der Waals surface area (Å²) in [5.74, 6) is -2.88. The van der Waals surface area contributed by atoms with Crippen molar-refractivity contribution in [2.45, 2.75) is 25.3 Å². The lowest BCUT2D eigenvalue weighted by Gasteiger charge is -2.07. The van der Waals surface area contributed by atoms with Crippen molar-refractivity contribution in [2.75, 3.05) is 6.61 Å². The number of hydrogen-bond acceptors (Lipinski definition) is 3. The van der Waals surface area contributed by atoms with Crippen LogP contribution in [0.5, 0.6) is 0 Å². The zero-order valence-corrected chi connectivity index (χ0v) is 12.4. The Bertz CT molecular complexity index is 647. The highest BCUT2D eigenvalue weighted by Crippen LogP contribution is 2.56. The Morgan fingerprint density at radius 3 is 2.32 bits per heavy atom. The van der Waals surface area contributed by atoms with Crippen molar-refractivity contribution in [3.63, 3.8) is 0 Å². The number of alkyl halides is 1. The van der Waals surface area contributed by atoms with E-state index >= 15 is 4.39 Å². The molecule has 3 rings (SSSR count). The van der Waals surface area contributed by atoms with E-state index in [4.69, 9.17) is 4.74 Å². The molecular weight excluding hydrogens is 281 g/mol. The van der Waals surface area contributed by atoms with Crippen LogP contribution in [0.25, 0.3) is 0 Å². The summed E-state index contributed by atoms with van der Waals surface area (Å²) in [6, 6.07) is 18.2. The summed E-state index contributed by atoms with van der Waals surface area (Å²) in [6.45, 7) is 2.23. The van der Waals surface area contributed by atoms with E-state index in [1.807, 2.05) is 60.7 Å². The third-order valence-corrected chi connectivity index (χ3v) is 3.90. The Hall–Kier alpha value is -2.20. The first-order valence-electron chi connectivity index (χ1n) is 7.39. The van der Waals surface area contributed by atoms with Crippen LogP contribution >= 0.6 is 0 Å². The molecule has 1 heterocycles. The Kier molecular flexibility index (Phi) is 3.94. The third kappa shape index (κ3) is 2.50. The fourth-order valence-corrected chi connectivity index (χ4v) is 2.80. The molecule has 2 aromatic rings. The standard InChI is InChI=1S/C18H18FNO2/c1-2-22-17(21)18(19)16(15-11-7-4-8-12-15)20(18)13-14-9-5-3-6-10-14/h3-12,16H,2,13H2,1H3/t16-,18+,20?/m0/s1. The van der Waals surface area contributed by atoms with Crippen LogP contribution < -0.4 is 0 Å². The Balaban J connectivity index is 1.87. The molecule has 4 heteroatoms. The largest absolute Gasteiger partial charge is 0.463 e. The van der Waals surface area contributed by atoms with Gasteiger partial charge in [-0.05, 0) is 18.1 Å². The van der Waals surface area contributed by atoms with Crippen LogP contribution in [-0.2, 0) is 16.1 Å². The Morgan fingerprint density at radius 1 is 1.14 bits per heavy atom. The van der Waals surface area contributed by atoms with Gasteiger partial charge < -0.3 is 4.74 Å². The highest BCUT2D eigenvalue weighted by molar-refractivity contribution is 5.84. The van der Waals surface area contributed by atoms with E-state index in [2.05, 4.69) is 0 Å². The first-order valence-corrected chi connectivity index (χ1v) is 7.39. The number of halogens is 1. The van der Waals surface area contributed by atoms with Crippen LogP contribution in [-0.4, -0.2) is 23.3 Å². The maximum atomic E-state index is 15.2. The van der Waals surface area contributed by atoms with E-state index in [9.17, 15) is 4.79 Å². The average Bonchev–Trinajstić information content (AvgIpc) is 3.15. The van der Waals surface area contributed by atoms with E-state index < -0.39 is 17.8 Å². The number of rotatable bonds is 5. The molecule has 1 unspecified atom stereocenters. The van der Waals surface area contributed by atoms with Crippen molar-refractivity contribution in [1.29, 1.82) is 0 Å². The number of ether oxygens (including phenoxy) is 1. The zero-order valence-electron chi connectivity index (χ0n) is 12.4. The summed E-state index contributed by atoms with van der Waals surface area (Å²) in [5, 5.41) is 0. The highest BCUT2D eigenvalue weighted by Gasteiger charge is 2.71. The molecule has 1 aliphatic rings. The number of esters is 1. The van der Waals surface area contributed by atoms with E-state index in [0.29, 0.717) is 6.54 Å². The SMILES string of the molecule is CCOC(=O)[C@@]1(F)[C@H](c2ccccc2)N1Cc1ccccc1. The second-order valence-electron chi connectivity index (χ2n) is 5.32. The molecule has 22 heavy (non-hydrogen) atoms. The van der Waals surface area contributed by atoms with Crippen LogP contribution in [0.15, 0.2) is 60.7 Å². The van der Waals surface area contributed by atoms with Gasteiger partial charge in [-0.15, -0.1) is 0 Å². The number of hydrogen-bond donors (Lipinski definition) is 0. The molecular formula is C18H18FNO2. The molecule has 1 fully saturated rings. The van der Waals surface area contributed by atoms with Gasteiger partial charge in [0, 0.05) is 6.54 Å². The normalized spacial score (nSPS) is 26.5. The van der Waals surface area contributed by atoms with Gasteiger partial charge in [-0.25, -0.2) is 14.1 Å². The van der Waals surface area contributed by atoms with Gasteiger partial charge in [-0.3, -0.25) is 0 Å². The first-order chi connectivity index (χ1) is 10.7. The van der Waals surface area contributed by atoms with E-state index in [1.165, 1.54) is 4.90 Å². The molecule has 0 radical (unpaired) electrons. The van der Waals surface area contributed by atoms with Crippen LogP contribution in [0.4, 0.5) is 4.39 Å². The molecule has 3 atom stereocenters. The highest BCUT2D eigenvalue weighted by atomic mass is 19.2. The molecule has 0 aliphatic carbocycles. The minimum atomic E-state index is -2.08. The lowest BCUT2D eigenvalue weighted by Crippen LogP contribution is -2.27. The van der Waals surface area contributed by atoms with Crippen molar-refractivity contribution in [2.24, 2.45) is 0 Å². The zero-order chi connectivity index (χ0) is 15.6. The van der Waals surface area contributed by atoms with Crippen molar-refractivity contribution >= 4 is 5.97 Å². The van der Waals surface area contributed by atoms with E-state index in [-0.39, 0.29) is 6.61 Å². The van der Waals surface area contributed by atoms with Crippen LogP contribution in [0, 0.1) is 0 Å². The van der Waals surface area contributed by atoms with Crippen LogP contribution in [0.1, 0.15) is 24.1 Å². The van der Waals surface area contributed by atoms with Crippen molar-refractivity contribution < 1.29 is 13.9 Å². The number of nitrogens with zero attached hydrogens (tertiary/aromatic N) is 1. The summed E-state index contributed by atoms with van der Waals surface area (Å²) in [6.07, 6.45) is 0. The quantitative estimate of drug-likeness (QED) is 0.481. The van der Waals surface area contributed by atoms with Gasteiger partial charge in [-0.2, -0.15) is 0 Å². The number of carbonyl (C=O) groups is 1. The van der Waals surface area contributed by atoms with Gasteiger partial charge >= 0.3 is 5.97 Å². The lowest BCUT2D eigenvalue weighted by molar-refractivity contribution is -0.153. The van der Waals surface area contributed by atoms with Crippen LogP contribution in [0.3, 0.4) is 0 Å². The van der Waals surface area contributed by atoms with Crippen LogP contribution in [0.2, 0.25) is 0 Å². The van der Waals surface area contributed by atoms with E-state index in [1.54, 1.807) is 6.92 Å². The number of carbonyl (C=O) groups excluding carboxylic acids is 1. The van der Waals surface area contributed by atoms with Gasteiger partial charge in [0.05, 0.1) is 12.6 Å². The average molecular weight is 299 g/mol. The fraction of sp³-hybridized carbons (Fsp3) is 0.278. The second-order valence-corrected chi connectivity index (χ2v) is 5.32. The van der Waals surface area contributed by atoms with Gasteiger partial charge in [0.2, 0.25) is 0 Å². The van der Waals surface area contributed by atoms with Gasteiger partial charge in [0.1, 0.15) is 0 Å². The van der Waals surface area contributed by atoms with Crippen molar-refractivity contribution in [3.05, 3.63) is 71.8 Å². The monoisotopic (exact) mass is 299 g/mol.